The molecule has 2 aromatic carbocycles. The third-order valence-electron chi connectivity index (χ3n) is 4.61. The van der Waals surface area contributed by atoms with Crippen molar-refractivity contribution in [2.75, 3.05) is 0 Å². The second-order valence-corrected chi connectivity index (χ2v) is 9.05. The van der Waals surface area contributed by atoms with Gasteiger partial charge in [0.15, 0.2) is 5.78 Å². The lowest BCUT2D eigenvalue weighted by Crippen LogP contribution is -2.25. The van der Waals surface area contributed by atoms with Crippen molar-refractivity contribution in [2.24, 2.45) is 0 Å². The second kappa shape index (κ2) is 9.81. The van der Waals surface area contributed by atoms with Crippen molar-refractivity contribution < 1.29 is 32.2 Å². The smallest absolute Gasteiger partial charge is 0.416 e. The maximum Gasteiger partial charge on any atom is 0.416 e. The number of carbonyl (C=O) groups is 2. The van der Waals surface area contributed by atoms with Gasteiger partial charge in [0.05, 0.1) is 17.2 Å². The summed E-state index contributed by atoms with van der Waals surface area (Å²) in [6, 6.07) is 5.75. The van der Waals surface area contributed by atoms with Crippen molar-refractivity contribution in [2.45, 2.75) is 66.3 Å². The van der Waals surface area contributed by atoms with Gasteiger partial charge in [-0.25, -0.2) is 4.79 Å². The highest BCUT2D eigenvalue weighted by Gasteiger charge is 2.30. The van der Waals surface area contributed by atoms with Gasteiger partial charge in [0, 0.05) is 16.7 Å². The Morgan fingerprint density at radius 1 is 1.00 bits per heavy atom. The Hall–Kier alpha value is -3.09. The van der Waals surface area contributed by atoms with Crippen molar-refractivity contribution >= 4 is 17.8 Å². The molecule has 0 amide bonds. The molecule has 2 rings (SSSR count). The molecule has 0 aliphatic heterocycles. The molecule has 0 aliphatic carbocycles. The number of rotatable bonds is 6. The Balaban J connectivity index is 2.43. The zero-order valence-corrected chi connectivity index (χ0v) is 19.9. The van der Waals surface area contributed by atoms with E-state index in [1.807, 2.05) is 13.8 Å². The molecule has 0 radical (unpaired) electrons. The summed E-state index contributed by atoms with van der Waals surface area (Å²) in [5, 5.41) is 0. The molecule has 178 valence electrons. The van der Waals surface area contributed by atoms with Gasteiger partial charge < -0.3 is 9.47 Å². The predicted octanol–water partition coefficient (Wildman–Crippen LogP) is 6.96. The Bertz CT molecular complexity index is 1060. The Morgan fingerprint density at radius 3 is 2.06 bits per heavy atom. The second-order valence-electron chi connectivity index (χ2n) is 9.05. The highest BCUT2D eigenvalue weighted by atomic mass is 19.4. The topological polar surface area (TPSA) is 52.6 Å². The van der Waals surface area contributed by atoms with Gasteiger partial charge in [-0.2, -0.15) is 13.2 Å². The molecule has 0 fully saturated rings. The summed E-state index contributed by atoms with van der Waals surface area (Å²) in [6.07, 6.45) is -1.85. The molecule has 2 aromatic rings. The standard InChI is InChI=1S/C26H29F3O4/c1-15(2)32-23-17(4)22(24(31)33-25(5,6)7)16(3)14-19(23)10-13-21(30)18-8-11-20(12-9-18)26(27,28)29/h8-15H,1-7H3/b13-10+. The van der Waals surface area contributed by atoms with Gasteiger partial charge in [0.2, 0.25) is 0 Å². The molecule has 0 atom stereocenters. The van der Waals surface area contributed by atoms with Crippen molar-refractivity contribution in [1.82, 2.24) is 0 Å². The Labute approximate surface area is 192 Å². The molecule has 33 heavy (non-hydrogen) atoms. The fourth-order valence-corrected chi connectivity index (χ4v) is 3.24. The largest absolute Gasteiger partial charge is 0.490 e. The fourth-order valence-electron chi connectivity index (χ4n) is 3.24. The molecule has 0 bridgehead atoms. The summed E-state index contributed by atoms with van der Waals surface area (Å²) in [6.45, 7) is 12.5. The minimum atomic E-state index is -4.47. The normalized spacial score (nSPS) is 12.3. The number of esters is 1. The minimum Gasteiger partial charge on any atom is -0.490 e. The van der Waals surface area contributed by atoms with Crippen LogP contribution in [0.5, 0.6) is 5.75 Å². The van der Waals surface area contributed by atoms with Gasteiger partial charge in [-0.3, -0.25) is 4.79 Å². The molecule has 0 saturated carbocycles. The zero-order chi connectivity index (χ0) is 25.1. The first kappa shape index (κ1) is 26.2. The minimum absolute atomic E-state index is 0.129. The number of ether oxygens (including phenoxy) is 2. The molecule has 0 spiro atoms. The SMILES string of the molecule is Cc1cc(/C=C/C(=O)c2ccc(C(F)(F)F)cc2)c(OC(C)C)c(C)c1C(=O)OC(C)(C)C. The number of alkyl halides is 3. The molecule has 0 aliphatic rings. The molecule has 0 aromatic heterocycles. The van der Waals surface area contributed by atoms with Crippen molar-refractivity contribution in [3.05, 3.63) is 69.8 Å². The first-order valence-electron chi connectivity index (χ1n) is 10.5. The van der Waals surface area contributed by atoms with Crippen LogP contribution in [-0.4, -0.2) is 23.5 Å². The highest BCUT2D eigenvalue weighted by Crippen LogP contribution is 2.33. The molecular formula is C26H29F3O4. The summed E-state index contributed by atoms with van der Waals surface area (Å²) in [7, 11) is 0. The van der Waals surface area contributed by atoms with Crippen LogP contribution in [0.3, 0.4) is 0 Å². The van der Waals surface area contributed by atoms with E-state index in [0.717, 1.165) is 24.3 Å². The number of hydrogen-bond donors (Lipinski definition) is 0. The lowest BCUT2D eigenvalue weighted by atomic mass is 9.96. The number of benzene rings is 2. The van der Waals surface area contributed by atoms with E-state index >= 15 is 0 Å². The van der Waals surface area contributed by atoms with Crippen LogP contribution < -0.4 is 4.74 Å². The van der Waals surface area contributed by atoms with Crippen LogP contribution >= 0.6 is 0 Å². The number of aryl methyl sites for hydroxylation is 1. The molecule has 0 heterocycles. The number of carbonyl (C=O) groups excluding carboxylic acids is 2. The van der Waals surface area contributed by atoms with Crippen LogP contribution in [0.15, 0.2) is 36.4 Å². The van der Waals surface area contributed by atoms with Crippen molar-refractivity contribution in [3.8, 4) is 5.75 Å². The van der Waals surface area contributed by atoms with E-state index in [-0.39, 0.29) is 11.7 Å². The number of allylic oxidation sites excluding steroid dienone is 1. The molecule has 0 N–H and O–H groups in total. The van der Waals surface area contributed by atoms with Crippen LogP contribution in [0.4, 0.5) is 13.2 Å². The van der Waals surface area contributed by atoms with E-state index in [0.29, 0.717) is 28.0 Å². The van der Waals surface area contributed by atoms with Gasteiger partial charge in [0.25, 0.3) is 0 Å². The summed E-state index contributed by atoms with van der Waals surface area (Å²) in [5.74, 6) is -0.485. The highest BCUT2D eigenvalue weighted by molar-refractivity contribution is 6.07. The van der Waals surface area contributed by atoms with Gasteiger partial charge in [0.1, 0.15) is 11.4 Å². The van der Waals surface area contributed by atoms with Gasteiger partial charge in [-0.05, 0) is 84.4 Å². The maximum atomic E-state index is 12.8. The van der Waals surface area contributed by atoms with Crippen molar-refractivity contribution in [1.29, 1.82) is 0 Å². The summed E-state index contributed by atoms with van der Waals surface area (Å²) < 4.78 is 49.7. The quantitative estimate of drug-likeness (QED) is 0.265. The lowest BCUT2D eigenvalue weighted by molar-refractivity contribution is -0.137. The van der Waals surface area contributed by atoms with E-state index in [1.165, 1.54) is 12.2 Å². The van der Waals surface area contributed by atoms with Crippen LogP contribution in [0.2, 0.25) is 0 Å². The number of halogens is 3. The van der Waals surface area contributed by atoms with Gasteiger partial charge in [-0.15, -0.1) is 0 Å². The van der Waals surface area contributed by atoms with Crippen LogP contribution in [-0.2, 0) is 10.9 Å². The average Bonchev–Trinajstić information content (AvgIpc) is 2.66. The summed E-state index contributed by atoms with van der Waals surface area (Å²) in [4.78, 5) is 25.3. The molecule has 4 nitrogen and oxygen atoms in total. The van der Waals surface area contributed by atoms with Crippen LogP contribution in [0.1, 0.15) is 77.6 Å². The molecule has 0 saturated heterocycles. The lowest BCUT2D eigenvalue weighted by Gasteiger charge is -2.23. The average molecular weight is 463 g/mol. The summed E-state index contributed by atoms with van der Waals surface area (Å²) >= 11 is 0. The number of ketones is 1. The fraction of sp³-hybridized carbons (Fsp3) is 0.385. The molecule has 0 unspecified atom stereocenters. The van der Waals surface area contributed by atoms with Gasteiger partial charge >= 0.3 is 12.1 Å². The third-order valence-corrected chi connectivity index (χ3v) is 4.61. The van der Waals surface area contributed by atoms with E-state index in [9.17, 15) is 22.8 Å². The maximum absolute atomic E-state index is 12.8. The Morgan fingerprint density at radius 2 is 1.58 bits per heavy atom. The third kappa shape index (κ3) is 6.94. The van der Waals surface area contributed by atoms with E-state index < -0.39 is 29.1 Å². The van der Waals surface area contributed by atoms with Crippen LogP contribution in [0, 0.1) is 13.8 Å². The van der Waals surface area contributed by atoms with Crippen molar-refractivity contribution in [3.63, 3.8) is 0 Å². The first-order chi connectivity index (χ1) is 15.1. The van der Waals surface area contributed by atoms with Crippen LogP contribution in [0.25, 0.3) is 6.08 Å². The van der Waals surface area contributed by atoms with E-state index in [1.54, 1.807) is 40.7 Å². The molecule has 7 heteroatoms. The van der Waals surface area contributed by atoms with E-state index in [2.05, 4.69) is 0 Å². The predicted molar refractivity (Wildman–Crippen MR) is 122 cm³/mol. The zero-order valence-electron chi connectivity index (χ0n) is 19.9. The van der Waals surface area contributed by atoms with Gasteiger partial charge in [-0.1, -0.05) is 12.1 Å². The first-order valence-corrected chi connectivity index (χ1v) is 10.5. The van der Waals surface area contributed by atoms with E-state index in [4.69, 9.17) is 9.47 Å². The summed E-state index contributed by atoms with van der Waals surface area (Å²) in [5.41, 5.74) is 0.850. The Kier molecular flexibility index (Phi) is 7.78. The molecular weight excluding hydrogens is 433 g/mol. The monoisotopic (exact) mass is 462 g/mol. The number of hydrogen-bond acceptors (Lipinski definition) is 4.